The van der Waals surface area contributed by atoms with Crippen molar-refractivity contribution in [1.29, 1.82) is 0 Å². The molecule has 0 saturated carbocycles. The van der Waals surface area contributed by atoms with Crippen molar-refractivity contribution in [3.63, 3.8) is 0 Å². The topological polar surface area (TPSA) is 129 Å². The van der Waals surface area contributed by atoms with Crippen molar-refractivity contribution >= 4 is 11.6 Å². The maximum Gasteiger partial charge on any atom is 0.295 e. The fourth-order valence-electron chi connectivity index (χ4n) is 1.73. The van der Waals surface area contributed by atoms with Crippen LogP contribution in [0.5, 0.6) is 0 Å². The quantitative estimate of drug-likeness (QED) is 0.591. The van der Waals surface area contributed by atoms with Crippen LogP contribution in [0.25, 0.3) is 5.69 Å². The average Bonchev–Trinajstić information content (AvgIpc) is 2.93. The summed E-state index contributed by atoms with van der Waals surface area (Å²) in [6.45, 7) is 1.82. The van der Waals surface area contributed by atoms with Crippen LogP contribution in [0, 0.1) is 17.0 Å². The number of nitrogens with one attached hydrogen (secondary N) is 1. The van der Waals surface area contributed by atoms with Gasteiger partial charge in [-0.15, -0.1) is 5.10 Å². The Kier molecular flexibility index (Phi) is 4.24. The van der Waals surface area contributed by atoms with E-state index in [1.54, 1.807) is 19.1 Å². The van der Waals surface area contributed by atoms with Crippen molar-refractivity contribution in [2.24, 2.45) is 5.73 Å². The number of amides is 1. The maximum atomic E-state index is 11.1. The Labute approximate surface area is 119 Å². The lowest BCUT2D eigenvalue weighted by Crippen LogP contribution is -2.29. The van der Waals surface area contributed by atoms with Gasteiger partial charge in [-0.1, -0.05) is 11.3 Å². The molecule has 3 N–H and O–H groups in total. The Hall–Kier alpha value is -2.81. The Morgan fingerprint density at radius 3 is 2.95 bits per heavy atom. The summed E-state index contributed by atoms with van der Waals surface area (Å²) in [6, 6.07) is 4.82. The molecule has 9 heteroatoms. The Balaban J connectivity index is 2.25. The first-order valence-electron chi connectivity index (χ1n) is 6.14. The minimum atomic E-state index is -0.472. The smallest absolute Gasteiger partial charge is 0.295 e. The van der Waals surface area contributed by atoms with E-state index in [2.05, 4.69) is 15.6 Å². The van der Waals surface area contributed by atoms with Crippen LogP contribution in [0.3, 0.4) is 0 Å². The molecule has 0 unspecified atom stereocenters. The number of aromatic nitrogens is 3. The third-order valence-electron chi connectivity index (χ3n) is 2.77. The second-order valence-electron chi connectivity index (χ2n) is 4.38. The molecule has 0 radical (unpaired) electrons. The highest BCUT2D eigenvalue weighted by Crippen LogP contribution is 2.23. The molecule has 21 heavy (non-hydrogen) atoms. The number of hydrogen-bond acceptors (Lipinski definition) is 6. The van der Waals surface area contributed by atoms with Gasteiger partial charge in [0.2, 0.25) is 5.91 Å². The summed E-state index contributed by atoms with van der Waals surface area (Å²) in [5.41, 5.74) is 6.69. The first-order chi connectivity index (χ1) is 10.0. The summed E-state index contributed by atoms with van der Waals surface area (Å²) < 4.78 is 1.31. The standard InChI is InChI=1S/C12H14N6O3/c1-8-2-3-10(11(4-8)18(20)21)17-7-9(15-16-17)6-14-12(19)5-13/h2-4,7H,5-6,13H2,1H3,(H,14,19). The van der Waals surface area contributed by atoms with E-state index in [0.717, 1.165) is 5.56 Å². The van der Waals surface area contributed by atoms with E-state index in [1.165, 1.54) is 16.9 Å². The van der Waals surface area contributed by atoms with E-state index in [1.807, 2.05) is 0 Å². The first-order valence-corrected chi connectivity index (χ1v) is 6.14. The van der Waals surface area contributed by atoms with Crippen molar-refractivity contribution < 1.29 is 9.72 Å². The van der Waals surface area contributed by atoms with Crippen LogP contribution >= 0.6 is 0 Å². The van der Waals surface area contributed by atoms with Crippen LogP contribution in [-0.4, -0.2) is 32.4 Å². The molecule has 1 aromatic carbocycles. The third-order valence-corrected chi connectivity index (χ3v) is 2.77. The molecule has 1 heterocycles. The van der Waals surface area contributed by atoms with Crippen LogP contribution in [0.2, 0.25) is 0 Å². The highest BCUT2D eigenvalue weighted by molar-refractivity contribution is 5.77. The normalized spacial score (nSPS) is 10.4. The number of nitrogens with two attached hydrogens (primary N) is 1. The van der Waals surface area contributed by atoms with Gasteiger partial charge in [-0.2, -0.15) is 0 Å². The van der Waals surface area contributed by atoms with Crippen molar-refractivity contribution in [2.75, 3.05) is 6.54 Å². The van der Waals surface area contributed by atoms with Crippen molar-refractivity contribution in [3.05, 3.63) is 45.8 Å². The van der Waals surface area contributed by atoms with Gasteiger partial charge in [0.05, 0.1) is 24.2 Å². The van der Waals surface area contributed by atoms with Gasteiger partial charge in [-0.05, 0) is 18.6 Å². The van der Waals surface area contributed by atoms with Crippen molar-refractivity contribution in [2.45, 2.75) is 13.5 Å². The molecular weight excluding hydrogens is 276 g/mol. The highest BCUT2D eigenvalue weighted by atomic mass is 16.6. The van der Waals surface area contributed by atoms with Crippen LogP contribution in [0.1, 0.15) is 11.3 Å². The Bertz CT molecular complexity index is 681. The van der Waals surface area contributed by atoms with Gasteiger partial charge in [0, 0.05) is 6.07 Å². The number of rotatable bonds is 5. The molecule has 0 aliphatic rings. The predicted molar refractivity (Wildman–Crippen MR) is 73.7 cm³/mol. The van der Waals surface area contributed by atoms with E-state index in [4.69, 9.17) is 5.73 Å². The van der Waals surface area contributed by atoms with Crippen LogP contribution in [0.4, 0.5) is 5.69 Å². The summed E-state index contributed by atoms with van der Waals surface area (Å²) in [5, 5.41) is 21.3. The molecule has 110 valence electrons. The SMILES string of the molecule is Cc1ccc(-n2cc(CNC(=O)CN)nn2)c([N+](=O)[O-])c1. The van der Waals surface area contributed by atoms with Gasteiger partial charge in [0.1, 0.15) is 11.4 Å². The zero-order valence-electron chi connectivity index (χ0n) is 11.3. The zero-order chi connectivity index (χ0) is 15.4. The molecule has 0 bridgehead atoms. The minimum absolute atomic E-state index is 0.0579. The summed E-state index contributed by atoms with van der Waals surface area (Å²) >= 11 is 0. The van der Waals surface area contributed by atoms with Gasteiger partial charge in [-0.25, -0.2) is 4.68 Å². The molecule has 1 amide bonds. The molecule has 9 nitrogen and oxygen atoms in total. The molecule has 1 aromatic heterocycles. The Morgan fingerprint density at radius 1 is 1.52 bits per heavy atom. The minimum Gasteiger partial charge on any atom is -0.349 e. The molecule has 0 aliphatic heterocycles. The number of hydrogen-bond donors (Lipinski definition) is 2. The lowest BCUT2D eigenvalue weighted by Gasteiger charge is -2.02. The monoisotopic (exact) mass is 290 g/mol. The molecular formula is C12H14N6O3. The fourth-order valence-corrected chi connectivity index (χ4v) is 1.73. The largest absolute Gasteiger partial charge is 0.349 e. The lowest BCUT2D eigenvalue weighted by molar-refractivity contribution is -0.384. The first kappa shape index (κ1) is 14.6. The summed E-state index contributed by atoms with van der Waals surface area (Å²) in [6.07, 6.45) is 1.52. The second kappa shape index (κ2) is 6.09. The van der Waals surface area contributed by atoms with Crippen molar-refractivity contribution in [3.8, 4) is 5.69 Å². The number of nitro benzene ring substituents is 1. The summed E-state index contributed by atoms with van der Waals surface area (Å²) in [5.74, 6) is -0.314. The fraction of sp³-hybridized carbons (Fsp3) is 0.250. The van der Waals surface area contributed by atoms with Gasteiger partial charge in [-0.3, -0.25) is 14.9 Å². The highest BCUT2D eigenvalue weighted by Gasteiger charge is 2.17. The number of aryl methyl sites for hydroxylation is 1. The lowest BCUT2D eigenvalue weighted by atomic mass is 10.2. The number of carbonyl (C=O) groups is 1. The van der Waals surface area contributed by atoms with E-state index < -0.39 is 4.92 Å². The molecule has 2 rings (SSSR count). The molecule has 0 spiro atoms. The molecule has 0 fully saturated rings. The van der Waals surface area contributed by atoms with E-state index >= 15 is 0 Å². The maximum absolute atomic E-state index is 11.1. The van der Waals surface area contributed by atoms with Crippen LogP contribution < -0.4 is 11.1 Å². The summed E-state index contributed by atoms with van der Waals surface area (Å²) in [7, 11) is 0. The molecule has 0 atom stereocenters. The van der Waals surface area contributed by atoms with Gasteiger partial charge >= 0.3 is 0 Å². The van der Waals surface area contributed by atoms with E-state index in [0.29, 0.717) is 11.4 Å². The number of nitro groups is 1. The molecule has 0 aliphatic carbocycles. The third kappa shape index (κ3) is 3.39. The molecule has 2 aromatic rings. The predicted octanol–water partition coefficient (Wildman–Crippen LogP) is 0.0588. The van der Waals surface area contributed by atoms with Gasteiger partial charge in [0.15, 0.2) is 0 Å². The van der Waals surface area contributed by atoms with Gasteiger partial charge in [0.25, 0.3) is 5.69 Å². The average molecular weight is 290 g/mol. The zero-order valence-corrected chi connectivity index (χ0v) is 11.3. The van der Waals surface area contributed by atoms with Crippen LogP contribution in [-0.2, 0) is 11.3 Å². The van der Waals surface area contributed by atoms with Gasteiger partial charge < -0.3 is 11.1 Å². The number of nitrogens with zero attached hydrogens (tertiary/aromatic N) is 4. The van der Waals surface area contributed by atoms with Crippen molar-refractivity contribution in [1.82, 2.24) is 20.3 Å². The van der Waals surface area contributed by atoms with Crippen LogP contribution in [0.15, 0.2) is 24.4 Å². The number of benzene rings is 1. The molecule has 0 saturated heterocycles. The summed E-state index contributed by atoms with van der Waals surface area (Å²) in [4.78, 5) is 21.7. The van der Waals surface area contributed by atoms with E-state index in [9.17, 15) is 14.9 Å². The van der Waals surface area contributed by atoms with E-state index in [-0.39, 0.29) is 24.7 Å². The Morgan fingerprint density at radius 2 is 2.29 bits per heavy atom. The second-order valence-corrected chi connectivity index (χ2v) is 4.38. The number of carbonyl (C=O) groups excluding carboxylic acids is 1.